The second kappa shape index (κ2) is 7.82. The van der Waals surface area contributed by atoms with Gasteiger partial charge in [0, 0.05) is 23.4 Å². The first-order chi connectivity index (χ1) is 14.0. The van der Waals surface area contributed by atoms with E-state index >= 15 is 0 Å². The number of hydrogen-bond acceptors (Lipinski definition) is 5. The van der Waals surface area contributed by atoms with E-state index in [0.29, 0.717) is 29.9 Å². The summed E-state index contributed by atoms with van der Waals surface area (Å²) < 4.78 is 11.2. The number of aryl methyl sites for hydroxylation is 1. The molecule has 0 amide bonds. The van der Waals surface area contributed by atoms with Crippen LogP contribution in [0.5, 0.6) is 0 Å². The van der Waals surface area contributed by atoms with Gasteiger partial charge in [-0.15, -0.1) is 0 Å². The Morgan fingerprint density at radius 2 is 1.90 bits per heavy atom. The van der Waals surface area contributed by atoms with Crippen LogP contribution in [0, 0.1) is 12.8 Å². The number of carbonyl (C=O) groups is 2. The van der Waals surface area contributed by atoms with Crippen LogP contribution in [-0.2, 0) is 14.3 Å². The van der Waals surface area contributed by atoms with Crippen molar-refractivity contribution in [2.24, 2.45) is 10.9 Å². The van der Waals surface area contributed by atoms with Gasteiger partial charge in [-0.05, 0) is 50.8 Å². The molecule has 2 heterocycles. The number of ether oxygens (including phenoxy) is 1. The lowest BCUT2D eigenvalue weighted by Gasteiger charge is -2.35. The summed E-state index contributed by atoms with van der Waals surface area (Å²) >= 11 is 0. The highest BCUT2D eigenvalue weighted by Gasteiger charge is 2.46. The number of carbonyl (C=O) groups excluding carboxylic acids is 2. The molecule has 0 saturated carbocycles. The van der Waals surface area contributed by atoms with Gasteiger partial charge in [0.25, 0.3) is 0 Å². The number of nitrogens with zero attached hydrogens (tertiary/aromatic N) is 1. The molecule has 2 aromatic rings. The van der Waals surface area contributed by atoms with E-state index in [-0.39, 0.29) is 24.3 Å². The Morgan fingerprint density at radius 3 is 2.55 bits per heavy atom. The molecule has 0 bridgehead atoms. The third-order valence-electron chi connectivity index (χ3n) is 5.77. The number of hydrogen-bond donors (Lipinski definition) is 0. The van der Waals surface area contributed by atoms with Crippen LogP contribution in [0.15, 0.2) is 63.1 Å². The largest absolute Gasteiger partial charge is 0.466 e. The molecule has 1 aliphatic heterocycles. The van der Waals surface area contributed by atoms with E-state index in [1.54, 1.807) is 6.92 Å². The first-order valence-corrected chi connectivity index (χ1v) is 10.1. The normalized spacial score (nSPS) is 24.2. The summed E-state index contributed by atoms with van der Waals surface area (Å²) in [5, 5.41) is 0. The second-order valence-corrected chi connectivity index (χ2v) is 7.71. The number of allylic oxidation sites excluding steroid dienone is 2. The Bertz CT molecular complexity index is 999. The van der Waals surface area contributed by atoms with E-state index in [1.807, 2.05) is 44.2 Å². The maximum Gasteiger partial charge on any atom is 0.315 e. The van der Waals surface area contributed by atoms with Gasteiger partial charge in [0.2, 0.25) is 0 Å². The van der Waals surface area contributed by atoms with Crippen LogP contribution in [0.1, 0.15) is 55.6 Å². The van der Waals surface area contributed by atoms with Gasteiger partial charge in [-0.3, -0.25) is 14.6 Å². The number of esters is 1. The summed E-state index contributed by atoms with van der Waals surface area (Å²) in [4.78, 5) is 30.8. The van der Waals surface area contributed by atoms with Crippen LogP contribution in [0.4, 0.5) is 0 Å². The highest BCUT2D eigenvalue weighted by atomic mass is 16.5. The monoisotopic (exact) mass is 391 g/mol. The predicted molar refractivity (Wildman–Crippen MR) is 110 cm³/mol. The van der Waals surface area contributed by atoms with Crippen LogP contribution in [0.3, 0.4) is 0 Å². The van der Waals surface area contributed by atoms with Crippen molar-refractivity contribution in [2.75, 3.05) is 6.61 Å². The van der Waals surface area contributed by atoms with Gasteiger partial charge in [-0.25, -0.2) is 0 Å². The summed E-state index contributed by atoms with van der Waals surface area (Å²) in [7, 11) is 0. The van der Waals surface area contributed by atoms with Crippen molar-refractivity contribution in [1.29, 1.82) is 0 Å². The van der Waals surface area contributed by atoms with Crippen LogP contribution in [0.25, 0.3) is 0 Å². The fourth-order valence-corrected chi connectivity index (χ4v) is 4.49. The molecule has 150 valence electrons. The summed E-state index contributed by atoms with van der Waals surface area (Å²) in [6, 6.07) is 13.8. The summed E-state index contributed by atoms with van der Waals surface area (Å²) in [6.07, 6.45) is 1.08. The van der Waals surface area contributed by atoms with E-state index in [0.717, 1.165) is 17.0 Å². The maximum absolute atomic E-state index is 13.3. The summed E-state index contributed by atoms with van der Waals surface area (Å²) in [5.74, 6) is -0.000668. The van der Waals surface area contributed by atoms with Crippen molar-refractivity contribution in [3.63, 3.8) is 0 Å². The minimum Gasteiger partial charge on any atom is -0.466 e. The van der Waals surface area contributed by atoms with Crippen molar-refractivity contribution in [1.82, 2.24) is 0 Å². The smallest absolute Gasteiger partial charge is 0.315 e. The van der Waals surface area contributed by atoms with Crippen LogP contribution in [0.2, 0.25) is 0 Å². The fraction of sp³-hybridized carbons (Fsp3) is 0.375. The molecule has 1 aromatic carbocycles. The zero-order chi connectivity index (χ0) is 20.5. The molecule has 0 N–H and O–H groups in total. The number of rotatable bonds is 4. The molecule has 0 fully saturated rings. The van der Waals surface area contributed by atoms with Gasteiger partial charge in [0.1, 0.15) is 17.4 Å². The van der Waals surface area contributed by atoms with Crippen LogP contribution in [-0.4, -0.2) is 24.1 Å². The van der Waals surface area contributed by atoms with Gasteiger partial charge in [-0.1, -0.05) is 30.3 Å². The SMILES string of the molecule is CCOC(=O)C1C(C)=NC2=C(C(=O)C[C@H](c3ccccc3)C2)[C@@H]1c1ccc(C)o1. The Hall–Kier alpha value is -2.95. The van der Waals surface area contributed by atoms with E-state index in [2.05, 4.69) is 12.1 Å². The summed E-state index contributed by atoms with van der Waals surface area (Å²) in [6.45, 7) is 5.75. The minimum atomic E-state index is -0.642. The lowest BCUT2D eigenvalue weighted by atomic mass is 9.71. The minimum absolute atomic E-state index is 0.0321. The first kappa shape index (κ1) is 19.4. The standard InChI is InChI=1S/C24H25NO4/c1-4-28-24(27)21-15(3)25-18-12-17(16-8-6-5-7-9-16)13-19(26)22(18)23(21)20-11-10-14(2)29-20/h5-11,17,21,23H,4,12-13H2,1-3H3/t17-,21?,23-/m1/s1. The zero-order valence-electron chi connectivity index (χ0n) is 17.0. The van der Waals surface area contributed by atoms with Crippen LogP contribution >= 0.6 is 0 Å². The lowest BCUT2D eigenvalue weighted by Crippen LogP contribution is -2.38. The van der Waals surface area contributed by atoms with Crippen molar-refractivity contribution < 1.29 is 18.7 Å². The fourth-order valence-electron chi connectivity index (χ4n) is 4.49. The number of furan rings is 1. The zero-order valence-corrected chi connectivity index (χ0v) is 17.0. The number of aliphatic imine (C=N–C) groups is 1. The van der Waals surface area contributed by atoms with Crippen molar-refractivity contribution in [3.8, 4) is 0 Å². The third kappa shape index (κ3) is 3.57. The molecule has 2 aliphatic rings. The Morgan fingerprint density at radius 1 is 1.14 bits per heavy atom. The molecule has 0 saturated heterocycles. The first-order valence-electron chi connectivity index (χ1n) is 10.1. The second-order valence-electron chi connectivity index (χ2n) is 7.71. The van der Waals surface area contributed by atoms with Crippen molar-refractivity contribution >= 4 is 17.5 Å². The average molecular weight is 391 g/mol. The van der Waals surface area contributed by atoms with Gasteiger partial charge in [0.15, 0.2) is 5.78 Å². The van der Waals surface area contributed by atoms with E-state index < -0.39 is 11.8 Å². The molecular formula is C24H25NO4. The molecule has 0 radical (unpaired) electrons. The van der Waals surface area contributed by atoms with Gasteiger partial charge in [0.05, 0.1) is 12.5 Å². The van der Waals surface area contributed by atoms with Crippen molar-refractivity contribution in [3.05, 3.63) is 70.8 Å². The third-order valence-corrected chi connectivity index (χ3v) is 5.77. The van der Waals surface area contributed by atoms with E-state index in [1.165, 1.54) is 0 Å². The molecule has 1 aromatic heterocycles. The van der Waals surface area contributed by atoms with Gasteiger partial charge >= 0.3 is 5.97 Å². The van der Waals surface area contributed by atoms with E-state index in [9.17, 15) is 9.59 Å². The highest BCUT2D eigenvalue weighted by Crippen LogP contribution is 2.47. The molecule has 4 rings (SSSR count). The molecule has 1 unspecified atom stereocenters. The molecule has 29 heavy (non-hydrogen) atoms. The topological polar surface area (TPSA) is 68.9 Å². The van der Waals surface area contributed by atoms with Gasteiger partial charge < -0.3 is 9.15 Å². The summed E-state index contributed by atoms with van der Waals surface area (Å²) in [5.41, 5.74) is 3.18. The molecule has 5 heteroatoms. The van der Waals surface area contributed by atoms with E-state index in [4.69, 9.17) is 14.1 Å². The lowest BCUT2D eigenvalue weighted by molar-refractivity contribution is -0.146. The molecular weight excluding hydrogens is 366 g/mol. The van der Waals surface area contributed by atoms with Crippen LogP contribution < -0.4 is 0 Å². The Kier molecular flexibility index (Phi) is 5.22. The molecule has 5 nitrogen and oxygen atoms in total. The molecule has 1 aliphatic carbocycles. The number of ketones is 1. The van der Waals surface area contributed by atoms with Crippen molar-refractivity contribution in [2.45, 2.75) is 45.4 Å². The maximum atomic E-state index is 13.3. The predicted octanol–water partition coefficient (Wildman–Crippen LogP) is 4.73. The highest BCUT2D eigenvalue weighted by molar-refractivity contribution is 6.09. The quantitative estimate of drug-likeness (QED) is 0.707. The Balaban J connectivity index is 1.79. The Labute approximate surface area is 170 Å². The number of Topliss-reactive ketones (excluding diaryl/α,β-unsaturated/α-hetero) is 1. The molecule has 3 atom stereocenters. The van der Waals surface area contributed by atoms with Gasteiger partial charge in [-0.2, -0.15) is 0 Å². The number of benzene rings is 1. The molecule has 0 spiro atoms. The average Bonchev–Trinajstić information content (AvgIpc) is 3.13.